The Morgan fingerprint density at radius 3 is 3.06 bits per heavy atom. The molecule has 1 aromatic heterocycles. The summed E-state index contributed by atoms with van der Waals surface area (Å²) in [6.45, 7) is 6.42. The normalized spacial score (nSPS) is 19.3. The second kappa shape index (κ2) is 6.27. The van der Waals surface area contributed by atoms with E-state index in [4.69, 9.17) is 0 Å². The van der Waals surface area contributed by atoms with E-state index in [9.17, 15) is 0 Å². The van der Waals surface area contributed by atoms with Gasteiger partial charge in [0.1, 0.15) is 0 Å². The minimum Gasteiger partial charge on any atom is -0.365 e. The molecule has 1 aromatic rings. The van der Waals surface area contributed by atoms with Crippen molar-refractivity contribution in [2.24, 2.45) is 18.0 Å². The van der Waals surface area contributed by atoms with Crippen LogP contribution in [0.3, 0.4) is 0 Å². The first-order valence-electron chi connectivity index (χ1n) is 6.57. The van der Waals surface area contributed by atoms with Crippen LogP contribution < -0.4 is 5.32 Å². The topological polar surface area (TPSA) is 42.2 Å². The van der Waals surface area contributed by atoms with E-state index in [1.807, 2.05) is 29.7 Å². The number of aliphatic imine (C=N–C) groups is 1. The molecule has 18 heavy (non-hydrogen) atoms. The molecular formula is C13H22N4S. The minimum atomic E-state index is 0.669. The second-order valence-corrected chi connectivity index (χ2v) is 6.46. The van der Waals surface area contributed by atoms with Gasteiger partial charge in [0, 0.05) is 31.5 Å². The maximum Gasteiger partial charge on any atom is 0.156 e. The fourth-order valence-electron chi connectivity index (χ4n) is 2.06. The van der Waals surface area contributed by atoms with E-state index in [-0.39, 0.29) is 0 Å². The Morgan fingerprint density at radius 1 is 1.56 bits per heavy atom. The molecule has 100 valence electrons. The van der Waals surface area contributed by atoms with Crippen LogP contribution in [0.15, 0.2) is 17.3 Å². The first kappa shape index (κ1) is 13.5. The number of aryl methyl sites for hydroxylation is 1. The summed E-state index contributed by atoms with van der Waals surface area (Å²) in [6.07, 6.45) is 4.19. The molecule has 0 aromatic carbocycles. The van der Waals surface area contributed by atoms with E-state index in [2.05, 4.69) is 35.3 Å². The fraction of sp³-hybridized carbons (Fsp3) is 0.692. The molecule has 0 fully saturated rings. The van der Waals surface area contributed by atoms with Crippen molar-refractivity contribution in [1.82, 2.24) is 15.1 Å². The van der Waals surface area contributed by atoms with Crippen LogP contribution in [0.25, 0.3) is 0 Å². The highest BCUT2D eigenvalue weighted by Crippen LogP contribution is 2.25. The molecule has 0 bridgehead atoms. The predicted octanol–water partition coefficient (Wildman–Crippen LogP) is 2.07. The molecule has 1 atom stereocenters. The van der Waals surface area contributed by atoms with Gasteiger partial charge in [0.2, 0.25) is 0 Å². The maximum absolute atomic E-state index is 4.55. The monoisotopic (exact) mass is 266 g/mol. The summed E-state index contributed by atoms with van der Waals surface area (Å²) in [5.74, 6) is 0.755. The van der Waals surface area contributed by atoms with E-state index in [0.29, 0.717) is 5.25 Å². The summed E-state index contributed by atoms with van der Waals surface area (Å²) in [6, 6.07) is 2.06. The van der Waals surface area contributed by atoms with Gasteiger partial charge in [0.25, 0.3) is 0 Å². The van der Waals surface area contributed by atoms with Crippen LogP contribution in [-0.4, -0.2) is 33.3 Å². The number of amidine groups is 1. The average Bonchev–Trinajstić information content (AvgIpc) is 2.88. The number of nitrogens with one attached hydrogen (secondary N) is 1. The van der Waals surface area contributed by atoms with E-state index in [1.54, 1.807) is 0 Å². The third-order valence-corrected chi connectivity index (χ3v) is 4.05. The standard InChI is InChI=1S/C13H22N4S/c1-10(2)8-12-9-15-13(18-12)14-6-4-11-5-7-17(3)16-11/h5,7,10,12H,4,6,8-9H2,1-3H3,(H,14,15). The van der Waals surface area contributed by atoms with Gasteiger partial charge in [0.15, 0.2) is 5.17 Å². The quantitative estimate of drug-likeness (QED) is 0.887. The third kappa shape index (κ3) is 4.05. The van der Waals surface area contributed by atoms with Crippen molar-refractivity contribution < 1.29 is 0 Å². The van der Waals surface area contributed by atoms with E-state index in [0.717, 1.165) is 36.3 Å². The van der Waals surface area contributed by atoms with Crippen molar-refractivity contribution in [1.29, 1.82) is 0 Å². The summed E-state index contributed by atoms with van der Waals surface area (Å²) >= 11 is 1.89. The minimum absolute atomic E-state index is 0.669. The molecule has 0 saturated heterocycles. The van der Waals surface area contributed by atoms with Gasteiger partial charge < -0.3 is 5.32 Å². The van der Waals surface area contributed by atoms with Crippen molar-refractivity contribution in [3.05, 3.63) is 18.0 Å². The molecule has 5 heteroatoms. The summed E-state index contributed by atoms with van der Waals surface area (Å²) in [4.78, 5) is 4.55. The lowest BCUT2D eigenvalue weighted by molar-refractivity contribution is 0.575. The molecule has 0 radical (unpaired) electrons. The van der Waals surface area contributed by atoms with Crippen LogP contribution in [0.5, 0.6) is 0 Å². The zero-order chi connectivity index (χ0) is 13.0. The highest BCUT2D eigenvalue weighted by atomic mass is 32.2. The number of thioether (sulfide) groups is 1. The highest BCUT2D eigenvalue weighted by molar-refractivity contribution is 8.14. The number of rotatable bonds is 5. The maximum atomic E-state index is 4.55. The summed E-state index contributed by atoms with van der Waals surface area (Å²) < 4.78 is 1.84. The van der Waals surface area contributed by atoms with E-state index in [1.165, 1.54) is 6.42 Å². The lowest BCUT2D eigenvalue weighted by Gasteiger charge is -2.10. The van der Waals surface area contributed by atoms with Gasteiger partial charge in [0.05, 0.1) is 12.2 Å². The summed E-state index contributed by atoms with van der Waals surface area (Å²) in [5.41, 5.74) is 1.13. The Kier molecular flexibility index (Phi) is 4.69. The molecule has 0 amide bonds. The lowest BCUT2D eigenvalue weighted by Crippen LogP contribution is -2.22. The average molecular weight is 266 g/mol. The van der Waals surface area contributed by atoms with Crippen molar-refractivity contribution in [2.75, 3.05) is 13.1 Å². The molecule has 0 saturated carbocycles. The molecular weight excluding hydrogens is 244 g/mol. The molecule has 1 unspecified atom stereocenters. The van der Waals surface area contributed by atoms with Crippen LogP contribution in [0.4, 0.5) is 0 Å². The van der Waals surface area contributed by atoms with Crippen LogP contribution in [0.1, 0.15) is 26.0 Å². The van der Waals surface area contributed by atoms with E-state index >= 15 is 0 Å². The summed E-state index contributed by atoms with van der Waals surface area (Å²) in [5, 5.41) is 9.54. The Balaban J connectivity index is 1.66. The Hall–Kier alpha value is -0.970. The Labute approximate surface area is 113 Å². The van der Waals surface area contributed by atoms with Crippen LogP contribution in [-0.2, 0) is 13.5 Å². The van der Waals surface area contributed by atoms with Crippen LogP contribution >= 0.6 is 11.8 Å². The molecule has 1 aliphatic rings. The van der Waals surface area contributed by atoms with Gasteiger partial charge in [-0.3, -0.25) is 9.67 Å². The molecule has 1 aliphatic heterocycles. The van der Waals surface area contributed by atoms with Gasteiger partial charge >= 0.3 is 0 Å². The summed E-state index contributed by atoms with van der Waals surface area (Å²) in [7, 11) is 1.95. The largest absolute Gasteiger partial charge is 0.365 e. The van der Waals surface area contributed by atoms with Gasteiger partial charge in [-0.15, -0.1) is 0 Å². The van der Waals surface area contributed by atoms with Crippen LogP contribution in [0, 0.1) is 5.92 Å². The predicted molar refractivity (Wildman–Crippen MR) is 78.1 cm³/mol. The smallest absolute Gasteiger partial charge is 0.156 e. The second-order valence-electron chi connectivity index (χ2n) is 5.17. The lowest BCUT2D eigenvalue weighted by atomic mass is 10.1. The van der Waals surface area contributed by atoms with Crippen molar-refractivity contribution in [3.8, 4) is 0 Å². The zero-order valence-corrected chi connectivity index (χ0v) is 12.2. The molecule has 0 spiro atoms. The first-order chi connectivity index (χ1) is 8.63. The molecule has 2 rings (SSSR count). The fourth-order valence-corrected chi connectivity index (χ4v) is 3.34. The molecule has 0 aliphatic carbocycles. The van der Waals surface area contributed by atoms with Gasteiger partial charge in [-0.05, 0) is 18.4 Å². The Morgan fingerprint density at radius 2 is 2.39 bits per heavy atom. The van der Waals surface area contributed by atoms with Crippen LogP contribution in [0.2, 0.25) is 0 Å². The number of hydrogen-bond acceptors (Lipinski definition) is 4. The zero-order valence-electron chi connectivity index (χ0n) is 11.4. The van der Waals surface area contributed by atoms with Crippen molar-refractivity contribution in [3.63, 3.8) is 0 Å². The number of hydrogen-bond donors (Lipinski definition) is 1. The molecule has 1 N–H and O–H groups in total. The van der Waals surface area contributed by atoms with Gasteiger partial charge in [-0.1, -0.05) is 25.6 Å². The van der Waals surface area contributed by atoms with E-state index < -0.39 is 0 Å². The number of nitrogens with zero attached hydrogens (tertiary/aromatic N) is 3. The molecule has 2 heterocycles. The van der Waals surface area contributed by atoms with Gasteiger partial charge in [-0.25, -0.2) is 0 Å². The molecule has 4 nitrogen and oxygen atoms in total. The van der Waals surface area contributed by atoms with Crippen molar-refractivity contribution in [2.45, 2.75) is 31.9 Å². The third-order valence-electron chi connectivity index (χ3n) is 2.88. The van der Waals surface area contributed by atoms with Gasteiger partial charge in [-0.2, -0.15) is 5.10 Å². The SMILES string of the molecule is CC(C)CC1CN=C(NCCc2ccn(C)n2)S1. The van der Waals surface area contributed by atoms with Crippen molar-refractivity contribution >= 4 is 16.9 Å². The number of aromatic nitrogens is 2. The first-order valence-corrected chi connectivity index (χ1v) is 7.45. The Bertz CT molecular complexity index is 411. The highest BCUT2D eigenvalue weighted by Gasteiger charge is 2.20.